The Labute approximate surface area is 230 Å². The maximum Gasteiger partial charge on any atom is 0.410 e. The molecular weight excluding hydrogens is 508 g/mol. The first kappa shape index (κ1) is 30.6. The van der Waals surface area contributed by atoms with E-state index in [1.807, 2.05) is 25.7 Å². The van der Waals surface area contributed by atoms with Crippen LogP contribution in [0.25, 0.3) is 0 Å². The van der Waals surface area contributed by atoms with Crippen LogP contribution in [0.1, 0.15) is 67.7 Å². The lowest BCUT2D eigenvalue weighted by molar-refractivity contribution is -0.142. The van der Waals surface area contributed by atoms with Gasteiger partial charge in [0.05, 0.1) is 6.61 Å². The van der Waals surface area contributed by atoms with Gasteiger partial charge in [-0.25, -0.2) is 13.6 Å². The average Bonchev–Trinajstić information content (AvgIpc) is 3.42. The molecule has 3 amide bonds. The van der Waals surface area contributed by atoms with Crippen LogP contribution in [0.5, 0.6) is 5.75 Å². The van der Waals surface area contributed by atoms with Gasteiger partial charge in [-0.3, -0.25) is 14.5 Å². The van der Waals surface area contributed by atoms with Crippen molar-refractivity contribution in [3.05, 3.63) is 29.8 Å². The Bertz CT molecular complexity index is 1070. The molecule has 1 aliphatic heterocycles. The molecule has 39 heavy (non-hydrogen) atoms. The third kappa shape index (κ3) is 7.39. The molecule has 1 heterocycles. The molecular formula is C29H43F2N3O5. The topological polar surface area (TPSA) is 88.2 Å². The molecule has 0 radical (unpaired) electrons. The van der Waals surface area contributed by atoms with Gasteiger partial charge in [-0.15, -0.1) is 0 Å². The molecule has 0 aromatic heterocycles. The number of hydrogen-bond acceptors (Lipinski definition) is 5. The van der Waals surface area contributed by atoms with Gasteiger partial charge in [-0.1, -0.05) is 20.8 Å². The number of carbonyl (C=O) groups excluding carboxylic acids is 3. The van der Waals surface area contributed by atoms with Gasteiger partial charge in [-0.2, -0.15) is 0 Å². The highest BCUT2D eigenvalue weighted by atomic mass is 19.2. The Morgan fingerprint density at radius 3 is 2.33 bits per heavy atom. The van der Waals surface area contributed by atoms with Crippen LogP contribution in [-0.2, 0) is 14.3 Å². The highest BCUT2D eigenvalue weighted by Crippen LogP contribution is 2.43. The summed E-state index contributed by atoms with van der Waals surface area (Å²) in [4.78, 5) is 42.8. The largest absolute Gasteiger partial charge is 0.493 e. The minimum Gasteiger partial charge on any atom is -0.493 e. The van der Waals surface area contributed by atoms with E-state index in [1.54, 1.807) is 27.7 Å². The molecule has 10 heteroatoms. The van der Waals surface area contributed by atoms with Crippen LogP contribution < -0.4 is 10.1 Å². The Morgan fingerprint density at radius 2 is 1.74 bits per heavy atom. The van der Waals surface area contributed by atoms with Crippen molar-refractivity contribution in [2.24, 2.45) is 17.3 Å². The van der Waals surface area contributed by atoms with E-state index in [4.69, 9.17) is 9.47 Å². The number of likely N-dealkylation sites (tertiary alicyclic amines) is 1. The van der Waals surface area contributed by atoms with E-state index in [1.165, 1.54) is 18.0 Å². The van der Waals surface area contributed by atoms with E-state index in [9.17, 15) is 23.2 Å². The van der Waals surface area contributed by atoms with E-state index in [0.717, 1.165) is 31.4 Å². The molecule has 1 aromatic carbocycles. The molecule has 3 rings (SSSR count). The molecule has 0 bridgehead atoms. The summed E-state index contributed by atoms with van der Waals surface area (Å²) < 4.78 is 38.1. The van der Waals surface area contributed by atoms with Crippen molar-refractivity contribution in [2.45, 2.75) is 91.5 Å². The van der Waals surface area contributed by atoms with Crippen LogP contribution in [0.4, 0.5) is 13.6 Å². The number of rotatable bonds is 7. The molecule has 0 spiro atoms. The number of fused-ring (bicyclic) bond motifs is 1. The van der Waals surface area contributed by atoms with E-state index >= 15 is 0 Å². The third-order valence-corrected chi connectivity index (χ3v) is 7.65. The lowest BCUT2D eigenvalue weighted by Gasteiger charge is -2.38. The molecule has 5 atom stereocenters. The fraction of sp³-hybridized carbons (Fsp3) is 0.690. The maximum absolute atomic E-state index is 14.0. The molecule has 1 aromatic rings. The van der Waals surface area contributed by atoms with Crippen molar-refractivity contribution in [2.75, 3.05) is 20.2 Å². The average molecular weight is 552 g/mol. The first-order chi connectivity index (χ1) is 18.0. The molecule has 0 unspecified atom stereocenters. The Kier molecular flexibility index (Phi) is 9.17. The zero-order valence-electron chi connectivity index (χ0n) is 24.3. The van der Waals surface area contributed by atoms with Crippen LogP contribution in [-0.4, -0.2) is 71.6 Å². The van der Waals surface area contributed by atoms with Gasteiger partial charge in [0.25, 0.3) is 0 Å². The quantitative estimate of drug-likeness (QED) is 0.528. The Balaban J connectivity index is 1.71. The molecule has 1 aliphatic carbocycles. The fourth-order valence-electron chi connectivity index (χ4n) is 5.39. The predicted molar refractivity (Wildman–Crippen MR) is 143 cm³/mol. The smallest absolute Gasteiger partial charge is 0.410 e. The lowest BCUT2D eigenvalue weighted by atomic mass is 9.85. The van der Waals surface area contributed by atoms with Crippen molar-refractivity contribution >= 4 is 17.9 Å². The summed E-state index contributed by atoms with van der Waals surface area (Å²) >= 11 is 0. The number of amides is 3. The number of carbonyl (C=O) groups is 3. The number of likely N-dealkylation sites (N-methyl/N-ethyl adjacent to an activating group) is 1. The van der Waals surface area contributed by atoms with Crippen LogP contribution in [0, 0.1) is 28.9 Å². The van der Waals surface area contributed by atoms with Crippen LogP contribution in [0.2, 0.25) is 0 Å². The van der Waals surface area contributed by atoms with Crippen molar-refractivity contribution in [3.63, 3.8) is 0 Å². The number of halogens is 2. The zero-order chi connectivity index (χ0) is 29.3. The number of ether oxygens (including phenoxy) is 2. The number of nitrogens with zero attached hydrogens (tertiary/aromatic N) is 2. The first-order valence-corrected chi connectivity index (χ1v) is 13.6. The highest BCUT2D eigenvalue weighted by molar-refractivity contribution is 5.91. The standard InChI is InChI=1S/C29H43F2N3O5/c1-17(33(8)27(37)39-29(5,6)7)25(35)32-24(28(2,3)4)26(36)34-14-13-18-9-10-19(23(18)34)16-38-20-11-12-21(30)22(31)15-20/h11-12,15,17-19,23-24H,9-10,13-14,16H2,1-8H3,(H,32,35)/t17-,18+,19+,23-,24+/m0/s1. The third-order valence-electron chi connectivity index (χ3n) is 7.65. The Morgan fingerprint density at radius 1 is 1.08 bits per heavy atom. The molecule has 2 fully saturated rings. The van der Waals surface area contributed by atoms with Gasteiger partial charge < -0.3 is 19.7 Å². The first-order valence-electron chi connectivity index (χ1n) is 13.6. The molecule has 2 aliphatic rings. The number of benzene rings is 1. The zero-order valence-corrected chi connectivity index (χ0v) is 24.3. The monoisotopic (exact) mass is 551 g/mol. The van der Waals surface area contributed by atoms with E-state index in [0.29, 0.717) is 12.5 Å². The maximum atomic E-state index is 14.0. The summed E-state index contributed by atoms with van der Waals surface area (Å²) in [6, 6.07) is 1.72. The predicted octanol–water partition coefficient (Wildman–Crippen LogP) is 4.76. The van der Waals surface area contributed by atoms with Crippen molar-refractivity contribution in [1.82, 2.24) is 15.1 Å². The van der Waals surface area contributed by atoms with Gasteiger partial charge in [0.15, 0.2) is 11.6 Å². The van der Waals surface area contributed by atoms with E-state index in [-0.39, 0.29) is 30.2 Å². The van der Waals surface area contributed by atoms with Crippen molar-refractivity contribution < 1.29 is 32.6 Å². The summed E-state index contributed by atoms with van der Waals surface area (Å²) in [6.45, 7) is 13.4. The SMILES string of the molecule is C[C@@H](C(=O)N[C@H](C(=O)N1CC[C@H]2CC[C@H](COc3ccc(F)c(F)c3)[C@H]21)C(C)(C)C)N(C)C(=O)OC(C)(C)C. The normalized spacial score (nSPS) is 22.6. The van der Waals surface area contributed by atoms with Crippen LogP contribution in [0.15, 0.2) is 18.2 Å². The summed E-state index contributed by atoms with van der Waals surface area (Å²) in [5.74, 6) is -1.92. The second-order valence-corrected chi connectivity index (χ2v) is 12.9. The highest BCUT2D eigenvalue weighted by Gasteiger charge is 2.49. The van der Waals surface area contributed by atoms with Gasteiger partial charge in [-0.05, 0) is 70.4 Å². The minimum absolute atomic E-state index is 0.0307. The summed E-state index contributed by atoms with van der Waals surface area (Å²) in [5.41, 5.74) is -1.30. The minimum atomic E-state index is -0.968. The van der Waals surface area contributed by atoms with Gasteiger partial charge >= 0.3 is 6.09 Å². The lowest BCUT2D eigenvalue weighted by Crippen LogP contribution is -2.59. The van der Waals surface area contributed by atoms with Crippen LogP contribution >= 0.6 is 0 Å². The number of hydrogen-bond donors (Lipinski definition) is 1. The molecule has 1 saturated heterocycles. The van der Waals surface area contributed by atoms with Gasteiger partial charge in [0, 0.05) is 31.6 Å². The molecule has 1 saturated carbocycles. The molecule has 8 nitrogen and oxygen atoms in total. The summed E-state index contributed by atoms with van der Waals surface area (Å²) in [5, 5.41) is 2.91. The molecule has 1 N–H and O–H groups in total. The van der Waals surface area contributed by atoms with Crippen molar-refractivity contribution in [1.29, 1.82) is 0 Å². The number of nitrogens with one attached hydrogen (secondary N) is 1. The fourth-order valence-corrected chi connectivity index (χ4v) is 5.39. The second-order valence-electron chi connectivity index (χ2n) is 12.9. The second kappa shape index (κ2) is 11.7. The molecule has 218 valence electrons. The summed E-state index contributed by atoms with van der Waals surface area (Å²) in [7, 11) is 1.49. The Hall–Kier alpha value is -2.91. The van der Waals surface area contributed by atoms with E-state index in [2.05, 4.69) is 5.32 Å². The van der Waals surface area contributed by atoms with Gasteiger partial charge in [0.2, 0.25) is 11.8 Å². The van der Waals surface area contributed by atoms with Crippen molar-refractivity contribution in [3.8, 4) is 5.75 Å². The van der Waals surface area contributed by atoms with Gasteiger partial charge in [0.1, 0.15) is 23.4 Å². The van der Waals surface area contributed by atoms with Crippen LogP contribution in [0.3, 0.4) is 0 Å². The van der Waals surface area contributed by atoms with E-state index < -0.39 is 46.7 Å². The summed E-state index contributed by atoms with van der Waals surface area (Å²) in [6.07, 6.45) is 2.04.